The van der Waals surface area contributed by atoms with Crippen LogP contribution in [0.25, 0.3) is 0 Å². The maximum atomic E-state index is 10.9. The zero-order chi connectivity index (χ0) is 8.43. The van der Waals surface area contributed by atoms with Crippen LogP contribution in [0.3, 0.4) is 0 Å². The Morgan fingerprint density at radius 3 is 2.64 bits per heavy atom. The Kier molecular flexibility index (Phi) is 2.35. The molecule has 0 atom stereocenters. The first kappa shape index (κ1) is 8.34. The van der Waals surface area contributed by atoms with Crippen LogP contribution in [0.4, 0.5) is 0 Å². The molecule has 0 aliphatic rings. The van der Waals surface area contributed by atoms with E-state index in [0.717, 1.165) is 0 Å². The van der Waals surface area contributed by atoms with Gasteiger partial charge in [-0.3, -0.25) is 4.79 Å². The minimum absolute atomic E-state index is 0.0463. The van der Waals surface area contributed by atoms with E-state index in [1.54, 1.807) is 18.2 Å². The molecule has 1 nitrogen and oxygen atoms in total. The molecule has 2 radical (unpaired) electrons. The molecule has 1 aromatic carbocycles. The molecule has 54 valence electrons. The number of benzene rings is 1. The average Bonchev–Trinajstić information content (AvgIpc) is 1.85. The summed E-state index contributed by atoms with van der Waals surface area (Å²) in [5, 5.41) is 0.414. The van der Waals surface area contributed by atoms with E-state index in [2.05, 4.69) is 0 Å². The maximum absolute atomic E-state index is 10.9. The molecule has 1 rings (SSSR count). The number of ketones is 1. The normalized spacial score (nSPS) is 9.64. The summed E-state index contributed by atoms with van der Waals surface area (Å²) in [4.78, 5) is 10.9. The molecular weight excluding hydrogens is 158 g/mol. The van der Waals surface area contributed by atoms with Crippen molar-refractivity contribution in [2.24, 2.45) is 0 Å². The third kappa shape index (κ3) is 1.84. The third-order valence-corrected chi connectivity index (χ3v) is 1.69. The number of carbonyl (C=O) groups is 1. The first-order chi connectivity index (χ1) is 5.11. The van der Waals surface area contributed by atoms with E-state index in [1.807, 2.05) is 0 Å². The van der Waals surface area contributed by atoms with Crippen molar-refractivity contribution in [2.75, 3.05) is 0 Å². The van der Waals surface area contributed by atoms with E-state index in [1.165, 1.54) is 6.92 Å². The highest BCUT2D eigenvalue weighted by molar-refractivity contribution is 6.38. The van der Waals surface area contributed by atoms with Crippen LogP contribution in [-0.2, 0) is 0 Å². The molecule has 0 saturated carbocycles. The van der Waals surface area contributed by atoms with Gasteiger partial charge in [-0.05, 0) is 13.0 Å². The highest BCUT2D eigenvalue weighted by Crippen LogP contribution is 2.13. The zero-order valence-corrected chi connectivity index (χ0v) is 6.85. The number of rotatable bonds is 1. The Morgan fingerprint density at radius 1 is 1.55 bits per heavy atom. The number of hydrogen-bond donors (Lipinski definition) is 0. The highest BCUT2D eigenvalue weighted by atomic mass is 35.5. The van der Waals surface area contributed by atoms with E-state index >= 15 is 0 Å². The molecule has 0 aromatic heterocycles. The van der Waals surface area contributed by atoms with Crippen molar-refractivity contribution in [2.45, 2.75) is 6.92 Å². The Labute approximate surface area is 71.8 Å². The van der Waals surface area contributed by atoms with Gasteiger partial charge < -0.3 is 0 Å². The molecule has 0 N–H and O–H groups in total. The van der Waals surface area contributed by atoms with Crippen LogP contribution < -0.4 is 5.46 Å². The second-order valence-electron chi connectivity index (χ2n) is 2.30. The first-order valence-corrected chi connectivity index (χ1v) is 3.55. The Morgan fingerprint density at radius 2 is 2.18 bits per heavy atom. The van der Waals surface area contributed by atoms with Crippen LogP contribution in [0.2, 0.25) is 5.02 Å². The summed E-state index contributed by atoms with van der Waals surface area (Å²) in [5.41, 5.74) is 1.08. The SMILES string of the molecule is [B]c1ccc(C(C)=O)c(Cl)c1. The van der Waals surface area contributed by atoms with Crippen LogP contribution in [0.5, 0.6) is 0 Å². The lowest BCUT2D eigenvalue weighted by molar-refractivity contribution is 0.101. The second kappa shape index (κ2) is 3.10. The molecule has 1 aromatic rings. The Balaban J connectivity index is 3.20. The van der Waals surface area contributed by atoms with Gasteiger partial charge in [0.15, 0.2) is 5.78 Å². The molecule has 3 heteroatoms. The molecule has 0 spiro atoms. The van der Waals surface area contributed by atoms with Crippen LogP contribution in [0.1, 0.15) is 17.3 Å². The molecule has 0 bridgehead atoms. The van der Waals surface area contributed by atoms with Crippen LogP contribution >= 0.6 is 11.6 Å². The minimum Gasteiger partial charge on any atom is -0.294 e. The van der Waals surface area contributed by atoms with E-state index in [4.69, 9.17) is 19.4 Å². The van der Waals surface area contributed by atoms with Crippen molar-refractivity contribution in [3.05, 3.63) is 28.8 Å². The van der Waals surface area contributed by atoms with Crippen molar-refractivity contribution in [3.63, 3.8) is 0 Å². The van der Waals surface area contributed by atoms with Crippen molar-refractivity contribution in [1.29, 1.82) is 0 Å². The van der Waals surface area contributed by atoms with Crippen LogP contribution in [-0.4, -0.2) is 13.6 Å². The van der Waals surface area contributed by atoms with Gasteiger partial charge in [-0.25, -0.2) is 0 Å². The molecule has 0 aliphatic carbocycles. The molecule has 0 fully saturated rings. The van der Waals surface area contributed by atoms with Gasteiger partial charge in [0.05, 0.1) is 5.02 Å². The van der Waals surface area contributed by atoms with E-state index in [0.29, 0.717) is 16.0 Å². The summed E-state index contributed by atoms with van der Waals surface area (Å²) < 4.78 is 0. The topological polar surface area (TPSA) is 17.1 Å². The fourth-order valence-electron chi connectivity index (χ4n) is 0.817. The van der Waals surface area contributed by atoms with Gasteiger partial charge in [0, 0.05) is 5.56 Å². The quantitative estimate of drug-likeness (QED) is 0.452. The van der Waals surface area contributed by atoms with Gasteiger partial charge >= 0.3 is 0 Å². The first-order valence-electron chi connectivity index (χ1n) is 3.17. The molecule has 0 saturated heterocycles. The molecule has 0 aliphatic heterocycles. The molecule has 0 unspecified atom stereocenters. The lowest BCUT2D eigenvalue weighted by Crippen LogP contribution is -2.03. The fraction of sp³-hybridized carbons (Fsp3) is 0.125. The van der Waals surface area contributed by atoms with Gasteiger partial charge in [-0.1, -0.05) is 29.2 Å². The molecular formula is C8H6BClO. The Bertz CT molecular complexity index is 296. The fourth-order valence-corrected chi connectivity index (χ4v) is 1.14. The minimum atomic E-state index is -0.0463. The number of hydrogen-bond acceptors (Lipinski definition) is 1. The monoisotopic (exact) mass is 164 g/mol. The number of carbonyl (C=O) groups excluding carboxylic acids is 1. The molecule has 0 heterocycles. The molecule has 0 amide bonds. The maximum Gasteiger partial charge on any atom is 0.161 e. The summed E-state index contributed by atoms with van der Waals surface area (Å²) in [6, 6.07) is 4.85. The lowest BCUT2D eigenvalue weighted by atomic mass is 9.95. The third-order valence-electron chi connectivity index (χ3n) is 1.37. The summed E-state index contributed by atoms with van der Waals surface area (Å²) >= 11 is 5.72. The highest BCUT2D eigenvalue weighted by Gasteiger charge is 2.03. The summed E-state index contributed by atoms with van der Waals surface area (Å²) in [6.07, 6.45) is 0. The van der Waals surface area contributed by atoms with Gasteiger partial charge in [-0.2, -0.15) is 0 Å². The number of halogens is 1. The largest absolute Gasteiger partial charge is 0.294 e. The summed E-state index contributed by atoms with van der Waals surface area (Å²) in [5.74, 6) is -0.0463. The smallest absolute Gasteiger partial charge is 0.161 e. The predicted octanol–water partition coefficient (Wildman–Crippen LogP) is 1.34. The van der Waals surface area contributed by atoms with E-state index in [9.17, 15) is 4.79 Å². The van der Waals surface area contributed by atoms with Gasteiger partial charge in [0.25, 0.3) is 0 Å². The van der Waals surface area contributed by atoms with Crippen molar-refractivity contribution in [1.82, 2.24) is 0 Å². The van der Waals surface area contributed by atoms with Gasteiger partial charge in [-0.15, -0.1) is 0 Å². The summed E-state index contributed by atoms with van der Waals surface area (Å²) in [6.45, 7) is 1.47. The van der Waals surface area contributed by atoms with Crippen LogP contribution in [0, 0.1) is 0 Å². The number of Topliss-reactive ketones (excluding diaryl/α,β-unsaturated/α-hetero) is 1. The van der Waals surface area contributed by atoms with Crippen LogP contribution in [0.15, 0.2) is 18.2 Å². The second-order valence-corrected chi connectivity index (χ2v) is 2.70. The van der Waals surface area contributed by atoms with E-state index in [-0.39, 0.29) is 5.78 Å². The van der Waals surface area contributed by atoms with E-state index < -0.39 is 0 Å². The lowest BCUT2D eigenvalue weighted by Gasteiger charge is -1.99. The molecule has 11 heavy (non-hydrogen) atoms. The summed E-state index contributed by atoms with van der Waals surface area (Å²) in [7, 11) is 5.43. The van der Waals surface area contributed by atoms with Gasteiger partial charge in [0.1, 0.15) is 7.85 Å². The zero-order valence-electron chi connectivity index (χ0n) is 6.10. The van der Waals surface area contributed by atoms with Gasteiger partial charge in [0.2, 0.25) is 0 Å². The van der Waals surface area contributed by atoms with Crippen molar-refractivity contribution >= 4 is 30.7 Å². The average molecular weight is 164 g/mol. The standard InChI is InChI=1S/C8H6BClO/c1-5(11)7-3-2-6(9)4-8(7)10/h2-4H,1H3. The van der Waals surface area contributed by atoms with Crippen molar-refractivity contribution in [3.8, 4) is 0 Å². The Hall–Kier alpha value is -0.755. The van der Waals surface area contributed by atoms with Crippen molar-refractivity contribution < 1.29 is 4.79 Å². The predicted molar refractivity (Wildman–Crippen MR) is 46.8 cm³/mol.